The van der Waals surface area contributed by atoms with Crippen LogP contribution in [0, 0.1) is 6.92 Å². The second-order valence-corrected chi connectivity index (χ2v) is 11.3. The molecule has 1 aromatic heterocycles. The number of hydrogen-bond donors (Lipinski definition) is 2. The molecule has 3 rings (SSSR count). The van der Waals surface area contributed by atoms with Gasteiger partial charge in [0.05, 0.1) is 17.1 Å². The minimum atomic E-state index is -1.58. The molecular weight excluding hydrogens is 502 g/mol. The number of nitrogens with zero attached hydrogens (tertiary/aromatic N) is 2. The molecule has 3 unspecified atom stereocenters. The molecule has 3 atom stereocenters. The van der Waals surface area contributed by atoms with E-state index in [1.165, 1.54) is 13.1 Å². The number of benzene rings is 1. The Kier molecular flexibility index (Phi) is 8.52. The summed E-state index contributed by atoms with van der Waals surface area (Å²) in [6.07, 6.45) is 2.42. The average Bonchev–Trinajstić information content (AvgIpc) is 3.12. The minimum absolute atomic E-state index is 0.132. The van der Waals surface area contributed by atoms with E-state index in [0.717, 1.165) is 16.8 Å². The van der Waals surface area contributed by atoms with Gasteiger partial charge in [0.1, 0.15) is 11.2 Å². The lowest BCUT2D eigenvalue weighted by atomic mass is 10.1. The zero-order valence-electron chi connectivity index (χ0n) is 20.8. The predicted molar refractivity (Wildman–Crippen MR) is 144 cm³/mol. The molecule has 1 aliphatic rings. The molecule has 7 nitrogen and oxygen atoms in total. The lowest BCUT2D eigenvalue weighted by Gasteiger charge is -2.27. The van der Waals surface area contributed by atoms with E-state index in [9.17, 15) is 14.0 Å². The van der Waals surface area contributed by atoms with Crippen molar-refractivity contribution in [1.82, 2.24) is 15.6 Å². The standard InChI is InChI=1S/C26H31ClFN4O3P/c1-15-6-8-21(19(27)10-15)35-25(3,4)24(34)31-18-11-16(2)20(12-18)32-22-9-7-17(13-29-22)23(33)30-14-26(5,28)36/h6-10,13,18H,2,11-12,14,36H2,1,3-5H3,(H,30,33)(H,31,34). The number of amides is 2. The maximum atomic E-state index is 13.6. The summed E-state index contributed by atoms with van der Waals surface area (Å²) in [6, 6.07) is 8.40. The number of aliphatic imine (C=N–C) groups is 1. The number of hydrogen-bond acceptors (Lipinski definition) is 5. The molecule has 2 amide bonds. The normalized spacial score (nSPS) is 18.6. The fourth-order valence-electron chi connectivity index (χ4n) is 3.54. The van der Waals surface area contributed by atoms with Crippen LogP contribution in [-0.4, -0.2) is 46.1 Å². The SMILES string of the molecule is C=C1CC(NC(=O)C(C)(C)Oc2ccc(C)cc2Cl)CC1=Nc1ccc(C(=O)NCC(C)(F)P)cn1. The Hall–Kier alpha value is -2.83. The highest BCUT2D eigenvalue weighted by molar-refractivity contribution is 7.18. The van der Waals surface area contributed by atoms with E-state index in [0.29, 0.717) is 35.0 Å². The molecule has 10 heteroatoms. The van der Waals surface area contributed by atoms with Gasteiger partial charge in [0.15, 0.2) is 11.4 Å². The lowest BCUT2D eigenvalue weighted by molar-refractivity contribution is -0.134. The van der Waals surface area contributed by atoms with Gasteiger partial charge in [-0.2, -0.15) is 0 Å². The summed E-state index contributed by atoms with van der Waals surface area (Å²) in [5.74, 6) is 0.157. The molecule has 0 bridgehead atoms. The summed E-state index contributed by atoms with van der Waals surface area (Å²) in [5, 5.41) is 4.39. The lowest BCUT2D eigenvalue weighted by Crippen LogP contribution is -2.49. The van der Waals surface area contributed by atoms with Gasteiger partial charge in [0.2, 0.25) is 0 Å². The summed E-state index contributed by atoms with van der Waals surface area (Å²) in [4.78, 5) is 33.9. The van der Waals surface area contributed by atoms with Crippen LogP contribution in [0.5, 0.6) is 5.75 Å². The number of halogens is 2. The molecule has 1 aromatic carbocycles. The van der Waals surface area contributed by atoms with Gasteiger partial charge in [0, 0.05) is 24.4 Å². The molecule has 0 saturated heterocycles. The highest BCUT2D eigenvalue weighted by Gasteiger charge is 2.34. The maximum Gasteiger partial charge on any atom is 0.263 e. The van der Waals surface area contributed by atoms with Crippen molar-refractivity contribution in [3.63, 3.8) is 0 Å². The van der Waals surface area contributed by atoms with Crippen molar-refractivity contribution in [2.24, 2.45) is 4.99 Å². The highest BCUT2D eigenvalue weighted by Crippen LogP contribution is 2.30. The number of alkyl halides is 1. The summed E-state index contributed by atoms with van der Waals surface area (Å²) in [5.41, 5.74) is 1.68. The van der Waals surface area contributed by atoms with Crippen LogP contribution < -0.4 is 15.4 Å². The molecule has 192 valence electrons. The van der Waals surface area contributed by atoms with Gasteiger partial charge < -0.3 is 15.4 Å². The quantitative estimate of drug-likeness (QED) is 0.463. The van der Waals surface area contributed by atoms with Crippen LogP contribution in [0.15, 0.2) is 53.7 Å². The van der Waals surface area contributed by atoms with Crippen LogP contribution in [-0.2, 0) is 4.79 Å². The molecule has 0 radical (unpaired) electrons. The first-order valence-corrected chi connectivity index (χ1v) is 12.4. The van der Waals surface area contributed by atoms with E-state index >= 15 is 0 Å². The van der Waals surface area contributed by atoms with Gasteiger partial charge in [-0.25, -0.2) is 14.4 Å². The number of aryl methyl sites for hydroxylation is 1. The number of ether oxygens (including phenoxy) is 1. The van der Waals surface area contributed by atoms with Crippen molar-refractivity contribution in [3.8, 4) is 5.75 Å². The van der Waals surface area contributed by atoms with Crippen LogP contribution in [0.1, 0.15) is 49.5 Å². The van der Waals surface area contributed by atoms with Gasteiger partial charge in [-0.15, -0.1) is 0 Å². The van der Waals surface area contributed by atoms with E-state index < -0.39 is 16.9 Å². The fourth-order valence-corrected chi connectivity index (χ4v) is 3.92. The molecule has 2 aromatic rings. The zero-order valence-corrected chi connectivity index (χ0v) is 22.7. The first-order valence-electron chi connectivity index (χ1n) is 11.5. The topological polar surface area (TPSA) is 92.7 Å². The van der Waals surface area contributed by atoms with Crippen LogP contribution in [0.3, 0.4) is 0 Å². The number of aromatic nitrogens is 1. The number of carbonyl (C=O) groups is 2. The summed E-state index contributed by atoms with van der Waals surface area (Å²) in [6.45, 7) is 10.6. The van der Waals surface area contributed by atoms with Crippen molar-refractivity contribution in [2.75, 3.05) is 6.54 Å². The summed E-state index contributed by atoms with van der Waals surface area (Å²) < 4.78 is 19.5. The Morgan fingerprint density at radius 3 is 2.61 bits per heavy atom. The van der Waals surface area contributed by atoms with Crippen molar-refractivity contribution < 1.29 is 18.7 Å². The predicted octanol–water partition coefficient (Wildman–Crippen LogP) is 5.10. The van der Waals surface area contributed by atoms with Crippen molar-refractivity contribution in [1.29, 1.82) is 0 Å². The largest absolute Gasteiger partial charge is 0.476 e. The van der Waals surface area contributed by atoms with Crippen LogP contribution in [0.2, 0.25) is 5.02 Å². The average molecular weight is 533 g/mol. The second-order valence-electron chi connectivity index (χ2n) is 9.65. The Morgan fingerprint density at radius 2 is 2.00 bits per heavy atom. The zero-order chi connectivity index (χ0) is 26.7. The Labute approximate surface area is 218 Å². The molecule has 2 N–H and O–H groups in total. The van der Waals surface area contributed by atoms with E-state index in [2.05, 4.69) is 27.2 Å². The van der Waals surface area contributed by atoms with Gasteiger partial charge in [-0.05, 0) is 69.5 Å². The van der Waals surface area contributed by atoms with Crippen LogP contribution in [0.4, 0.5) is 10.2 Å². The second kappa shape index (κ2) is 11.1. The van der Waals surface area contributed by atoms with Crippen molar-refractivity contribution in [2.45, 2.75) is 57.6 Å². The maximum absolute atomic E-state index is 13.6. The summed E-state index contributed by atoms with van der Waals surface area (Å²) >= 11 is 6.26. The van der Waals surface area contributed by atoms with E-state index in [4.69, 9.17) is 16.3 Å². The molecule has 0 spiro atoms. The number of nitrogens with one attached hydrogen (secondary N) is 2. The number of rotatable bonds is 8. The van der Waals surface area contributed by atoms with Gasteiger partial charge >= 0.3 is 0 Å². The molecule has 1 saturated carbocycles. The van der Waals surface area contributed by atoms with E-state index in [1.807, 2.05) is 22.2 Å². The van der Waals surface area contributed by atoms with Crippen molar-refractivity contribution in [3.05, 3.63) is 64.8 Å². The first-order chi connectivity index (χ1) is 16.7. The van der Waals surface area contributed by atoms with Gasteiger partial charge in [-0.1, -0.05) is 33.5 Å². The third-order valence-corrected chi connectivity index (χ3v) is 6.03. The first kappa shape index (κ1) is 27.8. The third-order valence-electron chi connectivity index (χ3n) is 5.53. The third kappa shape index (κ3) is 7.58. The molecule has 36 heavy (non-hydrogen) atoms. The van der Waals surface area contributed by atoms with Crippen molar-refractivity contribution >= 4 is 44.2 Å². The molecule has 1 heterocycles. The van der Waals surface area contributed by atoms with Crippen LogP contribution in [0.25, 0.3) is 0 Å². The minimum Gasteiger partial charge on any atom is -0.476 e. The van der Waals surface area contributed by atoms with E-state index in [-0.39, 0.29) is 18.5 Å². The Bertz CT molecular complexity index is 1190. The van der Waals surface area contributed by atoms with Gasteiger partial charge in [0.25, 0.3) is 11.8 Å². The Balaban J connectivity index is 1.60. The Morgan fingerprint density at radius 1 is 1.28 bits per heavy atom. The molecule has 1 aliphatic carbocycles. The highest BCUT2D eigenvalue weighted by atomic mass is 35.5. The number of pyridine rings is 1. The monoisotopic (exact) mass is 532 g/mol. The van der Waals surface area contributed by atoms with E-state index in [1.54, 1.807) is 38.1 Å². The molecular formula is C26H31ClFN4O3P. The smallest absolute Gasteiger partial charge is 0.263 e. The fraction of sp³-hybridized carbons (Fsp3) is 0.385. The molecule has 1 fully saturated rings. The summed E-state index contributed by atoms with van der Waals surface area (Å²) in [7, 11) is 2.03. The molecule has 0 aliphatic heterocycles. The van der Waals surface area contributed by atoms with Gasteiger partial charge in [-0.3, -0.25) is 9.59 Å². The van der Waals surface area contributed by atoms with Crippen LogP contribution >= 0.6 is 20.8 Å². The number of carbonyl (C=O) groups excluding carboxylic acids is 2.